The van der Waals surface area contributed by atoms with E-state index in [0.29, 0.717) is 5.69 Å². The predicted molar refractivity (Wildman–Crippen MR) is 96.2 cm³/mol. The molecular weight excluding hydrogens is 356 g/mol. The first-order chi connectivity index (χ1) is 12.5. The first kappa shape index (κ1) is 17.5. The highest BCUT2D eigenvalue weighted by atomic mass is 32.2. The Labute approximate surface area is 152 Å². The van der Waals surface area contributed by atoms with Gasteiger partial charge in [0.25, 0.3) is 5.69 Å². The standard InChI is InChI=1S/C16H14N6O3S/c1-11(26-15-7-5-13(6-8-15)22(24)25)16(23)18-12-3-2-4-14(9-12)21-10-17-19-20-21/h2-11H,1H3,(H,18,23). The molecule has 26 heavy (non-hydrogen) atoms. The number of carbonyl (C=O) groups is 1. The fourth-order valence-corrected chi connectivity index (χ4v) is 3.02. The van der Waals surface area contributed by atoms with Crippen molar-refractivity contribution in [3.63, 3.8) is 0 Å². The molecule has 0 saturated heterocycles. The number of rotatable bonds is 6. The van der Waals surface area contributed by atoms with Crippen molar-refractivity contribution >= 4 is 29.0 Å². The minimum atomic E-state index is -0.456. The van der Waals surface area contributed by atoms with Crippen LogP contribution in [0, 0.1) is 10.1 Å². The Balaban J connectivity index is 1.64. The normalized spacial score (nSPS) is 11.7. The van der Waals surface area contributed by atoms with Crippen molar-refractivity contribution in [1.29, 1.82) is 0 Å². The Hall–Kier alpha value is -3.27. The van der Waals surface area contributed by atoms with Crippen molar-refractivity contribution in [1.82, 2.24) is 20.2 Å². The lowest BCUT2D eigenvalue weighted by Crippen LogP contribution is -2.22. The number of nitro benzene ring substituents is 1. The highest BCUT2D eigenvalue weighted by Crippen LogP contribution is 2.26. The molecule has 0 spiro atoms. The van der Waals surface area contributed by atoms with Gasteiger partial charge >= 0.3 is 0 Å². The third kappa shape index (κ3) is 4.22. The van der Waals surface area contributed by atoms with Gasteiger partial charge in [0.2, 0.25) is 5.91 Å². The molecule has 0 fully saturated rings. The second kappa shape index (κ2) is 7.74. The first-order valence-corrected chi connectivity index (χ1v) is 8.46. The van der Waals surface area contributed by atoms with E-state index in [9.17, 15) is 14.9 Å². The Kier molecular flexibility index (Phi) is 5.23. The number of benzene rings is 2. The molecule has 2 aromatic carbocycles. The zero-order valence-corrected chi connectivity index (χ0v) is 14.5. The summed E-state index contributed by atoms with van der Waals surface area (Å²) in [6, 6.07) is 13.2. The van der Waals surface area contributed by atoms with Gasteiger partial charge in [-0.3, -0.25) is 14.9 Å². The van der Waals surface area contributed by atoms with E-state index in [-0.39, 0.29) is 16.8 Å². The second-order valence-corrected chi connectivity index (χ2v) is 6.72. The van der Waals surface area contributed by atoms with Crippen LogP contribution in [-0.4, -0.2) is 36.3 Å². The molecule has 0 aliphatic rings. The fraction of sp³-hybridized carbons (Fsp3) is 0.125. The van der Waals surface area contributed by atoms with E-state index in [1.807, 2.05) is 6.07 Å². The highest BCUT2D eigenvalue weighted by molar-refractivity contribution is 8.00. The summed E-state index contributed by atoms with van der Waals surface area (Å²) in [5, 5.41) is 24.1. The lowest BCUT2D eigenvalue weighted by molar-refractivity contribution is -0.384. The largest absolute Gasteiger partial charge is 0.325 e. The number of amides is 1. The van der Waals surface area contributed by atoms with Crippen LogP contribution in [0.15, 0.2) is 59.8 Å². The molecule has 1 unspecified atom stereocenters. The maximum atomic E-state index is 12.4. The van der Waals surface area contributed by atoms with Gasteiger partial charge in [-0.1, -0.05) is 6.07 Å². The zero-order valence-electron chi connectivity index (χ0n) is 13.6. The van der Waals surface area contributed by atoms with Gasteiger partial charge in [0, 0.05) is 22.7 Å². The molecule has 3 rings (SSSR count). The molecular formula is C16H14N6O3S. The van der Waals surface area contributed by atoms with Crippen LogP contribution in [0.5, 0.6) is 0 Å². The molecule has 3 aromatic rings. The number of nitro groups is 1. The molecule has 1 atom stereocenters. The van der Waals surface area contributed by atoms with Crippen molar-refractivity contribution in [2.45, 2.75) is 17.1 Å². The molecule has 1 aromatic heterocycles. The summed E-state index contributed by atoms with van der Waals surface area (Å²) in [7, 11) is 0. The Bertz CT molecular complexity index is 914. The molecule has 9 nitrogen and oxygen atoms in total. The molecule has 132 valence electrons. The van der Waals surface area contributed by atoms with Crippen molar-refractivity contribution < 1.29 is 9.72 Å². The Morgan fingerprint density at radius 2 is 2.04 bits per heavy atom. The number of hydrogen-bond donors (Lipinski definition) is 1. The summed E-state index contributed by atoms with van der Waals surface area (Å²) in [6.45, 7) is 1.77. The third-order valence-electron chi connectivity index (χ3n) is 3.46. The quantitative estimate of drug-likeness (QED) is 0.403. The summed E-state index contributed by atoms with van der Waals surface area (Å²) in [6.07, 6.45) is 1.47. The zero-order chi connectivity index (χ0) is 18.5. The van der Waals surface area contributed by atoms with Crippen LogP contribution < -0.4 is 5.32 Å². The molecule has 0 bridgehead atoms. The van der Waals surface area contributed by atoms with E-state index < -0.39 is 4.92 Å². The summed E-state index contributed by atoms with van der Waals surface area (Å²) in [5.74, 6) is -0.179. The van der Waals surface area contributed by atoms with Crippen molar-refractivity contribution in [2.24, 2.45) is 0 Å². The fourth-order valence-electron chi connectivity index (χ4n) is 2.15. The number of nitrogens with one attached hydrogen (secondary N) is 1. The molecule has 1 N–H and O–H groups in total. The first-order valence-electron chi connectivity index (χ1n) is 7.58. The topological polar surface area (TPSA) is 116 Å². The second-order valence-electron chi connectivity index (χ2n) is 5.31. The molecule has 0 aliphatic heterocycles. The van der Waals surface area contributed by atoms with Gasteiger partial charge in [0.05, 0.1) is 15.9 Å². The van der Waals surface area contributed by atoms with Crippen molar-refractivity contribution in [3.05, 3.63) is 65.0 Å². The smallest absolute Gasteiger partial charge is 0.269 e. The van der Waals surface area contributed by atoms with Gasteiger partial charge in [-0.15, -0.1) is 16.9 Å². The Morgan fingerprint density at radius 1 is 1.27 bits per heavy atom. The molecule has 0 aliphatic carbocycles. The van der Waals surface area contributed by atoms with E-state index in [4.69, 9.17) is 0 Å². The minimum Gasteiger partial charge on any atom is -0.325 e. The number of thioether (sulfide) groups is 1. The average Bonchev–Trinajstić information content (AvgIpc) is 3.17. The lowest BCUT2D eigenvalue weighted by atomic mass is 10.2. The van der Waals surface area contributed by atoms with Crippen molar-refractivity contribution in [3.8, 4) is 5.69 Å². The number of aromatic nitrogens is 4. The molecule has 10 heteroatoms. The summed E-state index contributed by atoms with van der Waals surface area (Å²) < 4.78 is 1.49. The van der Waals surface area contributed by atoms with E-state index in [2.05, 4.69) is 20.8 Å². The molecule has 0 saturated carbocycles. The third-order valence-corrected chi connectivity index (χ3v) is 4.57. The van der Waals surface area contributed by atoms with E-state index >= 15 is 0 Å². The van der Waals surface area contributed by atoms with E-state index in [1.165, 1.54) is 34.9 Å². The van der Waals surface area contributed by atoms with Crippen LogP contribution >= 0.6 is 11.8 Å². The van der Waals surface area contributed by atoms with Crippen LogP contribution in [0.2, 0.25) is 0 Å². The van der Waals surface area contributed by atoms with Gasteiger partial charge in [0.15, 0.2) is 0 Å². The SMILES string of the molecule is CC(Sc1ccc([N+](=O)[O-])cc1)C(=O)Nc1cccc(-n2cnnn2)c1. The number of anilines is 1. The number of hydrogen-bond acceptors (Lipinski definition) is 7. The van der Waals surface area contributed by atoms with Gasteiger partial charge in [-0.25, -0.2) is 4.68 Å². The lowest BCUT2D eigenvalue weighted by Gasteiger charge is -2.12. The van der Waals surface area contributed by atoms with Crippen molar-refractivity contribution in [2.75, 3.05) is 5.32 Å². The van der Waals surface area contributed by atoms with Gasteiger partial charge in [0.1, 0.15) is 6.33 Å². The molecule has 0 radical (unpaired) electrons. The van der Waals surface area contributed by atoms with E-state index in [1.54, 1.807) is 37.3 Å². The monoisotopic (exact) mass is 370 g/mol. The maximum absolute atomic E-state index is 12.4. The average molecular weight is 370 g/mol. The summed E-state index contributed by atoms with van der Waals surface area (Å²) in [4.78, 5) is 23.4. The van der Waals surface area contributed by atoms with Crippen LogP contribution in [0.4, 0.5) is 11.4 Å². The predicted octanol–water partition coefficient (Wildman–Crippen LogP) is 2.69. The highest BCUT2D eigenvalue weighted by Gasteiger charge is 2.15. The molecule has 1 heterocycles. The van der Waals surface area contributed by atoms with Gasteiger partial charge in [-0.2, -0.15) is 0 Å². The van der Waals surface area contributed by atoms with E-state index in [0.717, 1.165) is 10.6 Å². The maximum Gasteiger partial charge on any atom is 0.269 e. The van der Waals surface area contributed by atoms with Crippen LogP contribution in [0.1, 0.15) is 6.92 Å². The number of non-ortho nitro benzene ring substituents is 1. The van der Waals surface area contributed by atoms with Crippen LogP contribution in [-0.2, 0) is 4.79 Å². The van der Waals surface area contributed by atoms with Crippen LogP contribution in [0.25, 0.3) is 5.69 Å². The number of nitrogens with zero attached hydrogens (tertiary/aromatic N) is 5. The minimum absolute atomic E-state index is 0.0193. The van der Waals surface area contributed by atoms with Gasteiger partial charge < -0.3 is 5.32 Å². The van der Waals surface area contributed by atoms with Gasteiger partial charge in [-0.05, 0) is 47.7 Å². The molecule has 1 amide bonds. The summed E-state index contributed by atoms with van der Waals surface area (Å²) in [5.41, 5.74) is 1.37. The van der Waals surface area contributed by atoms with Crippen LogP contribution in [0.3, 0.4) is 0 Å². The number of carbonyl (C=O) groups excluding carboxylic acids is 1. The Morgan fingerprint density at radius 3 is 2.69 bits per heavy atom. The number of tetrazole rings is 1. The summed E-state index contributed by atoms with van der Waals surface area (Å²) >= 11 is 1.32.